The summed E-state index contributed by atoms with van der Waals surface area (Å²) in [5, 5.41) is 27.4. The van der Waals surface area contributed by atoms with Crippen molar-refractivity contribution in [3.63, 3.8) is 0 Å². The average molecular weight is 279 g/mol. The Morgan fingerprint density at radius 2 is 1.16 bits per heavy atom. The molecule has 0 aliphatic rings. The monoisotopic (exact) mass is 279 g/mol. The van der Waals surface area contributed by atoms with E-state index in [1.807, 2.05) is 4.90 Å². The van der Waals surface area contributed by atoms with Crippen molar-refractivity contribution in [1.29, 1.82) is 0 Å². The molecular formula is C14H35N2O3+. The van der Waals surface area contributed by atoms with E-state index in [1.54, 1.807) is 20.8 Å². The van der Waals surface area contributed by atoms with E-state index in [9.17, 15) is 0 Å². The highest BCUT2D eigenvalue weighted by Crippen LogP contribution is 1.97. The molecule has 0 aromatic rings. The van der Waals surface area contributed by atoms with Gasteiger partial charge in [0.25, 0.3) is 0 Å². The molecule has 0 heterocycles. The maximum Gasteiger partial charge on any atom is 0.0764 e. The molecule has 0 aromatic carbocycles. The standard InChI is InChI=1S/C9H21NO3.C5H13N/c1-7(11)4-10(5-8(2)12)6-9(3)13;1-4-5-6(2)3/h7-9,11-13H,4-6H2,1-3H3;4-5H2,1-3H3/p+1. The molecule has 118 valence electrons. The van der Waals surface area contributed by atoms with Gasteiger partial charge in [0.05, 0.1) is 39.0 Å². The van der Waals surface area contributed by atoms with Crippen LogP contribution in [0.5, 0.6) is 0 Å². The van der Waals surface area contributed by atoms with Gasteiger partial charge in [-0.05, 0) is 27.2 Å². The first-order valence-electron chi connectivity index (χ1n) is 7.24. The van der Waals surface area contributed by atoms with Crippen LogP contribution in [0.4, 0.5) is 0 Å². The zero-order valence-corrected chi connectivity index (χ0v) is 13.6. The third kappa shape index (κ3) is 20.3. The summed E-state index contributed by atoms with van der Waals surface area (Å²) in [4.78, 5) is 3.39. The molecule has 0 aliphatic heterocycles. The molecule has 0 bridgehead atoms. The van der Waals surface area contributed by atoms with Crippen LogP contribution in [0.25, 0.3) is 0 Å². The van der Waals surface area contributed by atoms with Crippen molar-refractivity contribution in [2.75, 3.05) is 40.3 Å². The lowest BCUT2D eigenvalue weighted by atomic mass is 10.2. The second-order valence-corrected chi connectivity index (χ2v) is 5.72. The molecule has 19 heavy (non-hydrogen) atoms. The van der Waals surface area contributed by atoms with Crippen molar-refractivity contribution in [1.82, 2.24) is 4.90 Å². The SMILES string of the molecule is CC(O)CN(CC(C)O)CC(C)O.CCC[NH+](C)C. The normalized spacial score (nSPS) is 15.9. The van der Waals surface area contributed by atoms with E-state index in [0.717, 1.165) is 0 Å². The van der Waals surface area contributed by atoms with Gasteiger partial charge in [-0.3, -0.25) is 4.90 Å². The van der Waals surface area contributed by atoms with Gasteiger partial charge in [-0.15, -0.1) is 0 Å². The highest BCUT2D eigenvalue weighted by molar-refractivity contribution is 4.66. The van der Waals surface area contributed by atoms with Crippen molar-refractivity contribution in [2.45, 2.75) is 52.4 Å². The second kappa shape index (κ2) is 12.8. The summed E-state index contributed by atoms with van der Waals surface area (Å²) in [6, 6.07) is 0. The van der Waals surface area contributed by atoms with Crippen LogP contribution in [0.15, 0.2) is 0 Å². The Bertz CT molecular complexity index is 162. The molecule has 5 nitrogen and oxygen atoms in total. The van der Waals surface area contributed by atoms with Gasteiger partial charge in [0.1, 0.15) is 0 Å². The number of hydrogen-bond donors (Lipinski definition) is 4. The molecule has 0 aliphatic carbocycles. The number of nitrogens with one attached hydrogen (secondary N) is 1. The molecule has 5 heteroatoms. The Hall–Kier alpha value is -0.200. The third-order valence-corrected chi connectivity index (χ3v) is 2.32. The Kier molecular flexibility index (Phi) is 14.2. The first kappa shape index (κ1) is 21.1. The molecule has 4 N–H and O–H groups in total. The van der Waals surface area contributed by atoms with Crippen LogP contribution in [0.3, 0.4) is 0 Å². The second-order valence-electron chi connectivity index (χ2n) is 5.72. The molecular weight excluding hydrogens is 244 g/mol. The van der Waals surface area contributed by atoms with Crippen molar-refractivity contribution in [3.05, 3.63) is 0 Å². The third-order valence-electron chi connectivity index (χ3n) is 2.32. The number of aliphatic hydroxyl groups is 3. The van der Waals surface area contributed by atoms with E-state index in [0.29, 0.717) is 19.6 Å². The quantitative estimate of drug-likeness (QED) is 0.459. The van der Waals surface area contributed by atoms with E-state index >= 15 is 0 Å². The lowest BCUT2D eigenvalue weighted by Crippen LogP contribution is -3.05. The molecule has 0 amide bonds. The summed E-state index contributed by atoms with van der Waals surface area (Å²) in [5.74, 6) is 0. The van der Waals surface area contributed by atoms with E-state index in [2.05, 4.69) is 21.0 Å². The highest BCUT2D eigenvalue weighted by Gasteiger charge is 2.12. The molecule has 0 rings (SSSR count). The van der Waals surface area contributed by atoms with Crippen LogP contribution < -0.4 is 4.90 Å². The van der Waals surface area contributed by atoms with Gasteiger partial charge in [-0.1, -0.05) is 6.92 Å². The van der Waals surface area contributed by atoms with Gasteiger partial charge in [0, 0.05) is 19.6 Å². The van der Waals surface area contributed by atoms with Gasteiger partial charge in [-0.25, -0.2) is 0 Å². The van der Waals surface area contributed by atoms with Crippen LogP contribution in [0.2, 0.25) is 0 Å². The van der Waals surface area contributed by atoms with Crippen LogP contribution in [0.1, 0.15) is 34.1 Å². The summed E-state index contributed by atoms with van der Waals surface area (Å²) in [5.41, 5.74) is 0. The van der Waals surface area contributed by atoms with Crippen molar-refractivity contribution in [3.8, 4) is 0 Å². The number of hydrogen-bond acceptors (Lipinski definition) is 4. The van der Waals surface area contributed by atoms with Gasteiger partial charge < -0.3 is 20.2 Å². The summed E-state index contributed by atoms with van der Waals surface area (Å²) in [7, 11) is 4.34. The molecule has 0 saturated heterocycles. The van der Waals surface area contributed by atoms with Gasteiger partial charge in [-0.2, -0.15) is 0 Å². The minimum Gasteiger partial charge on any atom is -0.392 e. The zero-order chi connectivity index (χ0) is 15.4. The van der Waals surface area contributed by atoms with Crippen molar-refractivity contribution < 1.29 is 20.2 Å². The molecule has 3 atom stereocenters. The largest absolute Gasteiger partial charge is 0.392 e. The van der Waals surface area contributed by atoms with E-state index < -0.39 is 18.3 Å². The van der Waals surface area contributed by atoms with Gasteiger partial charge >= 0.3 is 0 Å². The molecule has 0 radical (unpaired) electrons. The van der Waals surface area contributed by atoms with Crippen LogP contribution in [0, 0.1) is 0 Å². The minimum absolute atomic E-state index is 0.433. The molecule has 0 saturated carbocycles. The van der Waals surface area contributed by atoms with Crippen LogP contribution in [-0.4, -0.2) is 78.8 Å². The molecule has 0 spiro atoms. The van der Waals surface area contributed by atoms with Crippen LogP contribution >= 0.6 is 0 Å². The van der Waals surface area contributed by atoms with E-state index in [-0.39, 0.29) is 0 Å². The predicted octanol–water partition coefficient (Wildman–Crippen LogP) is -1.03. The smallest absolute Gasteiger partial charge is 0.0764 e. The van der Waals surface area contributed by atoms with Crippen molar-refractivity contribution >= 4 is 0 Å². The average Bonchev–Trinajstić information content (AvgIpc) is 2.13. The fourth-order valence-corrected chi connectivity index (χ4v) is 1.84. The predicted molar refractivity (Wildman–Crippen MR) is 79.5 cm³/mol. The summed E-state index contributed by atoms with van der Waals surface area (Å²) < 4.78 is 0. The Morgan fingerprint density at radius 3 is 1.26 bits per heavy atom. The topological polar surface area (TPSA) is 68.4 Å². The Labute approximate surface area is 118 Å². The first-order chi connectivity index (χ1) is 8.68. The number of aliphatic hydroxyl groups excluding tert-OH is 3. The minimum atomic E-state index is -0.433. The number of rotatable bonds is 8. The zero-order valence-electron chi connectivity index (χ0n) is 13.6. The maximum atomic E-state index is 9.14. The number of quaternary nitrogens is 1. The highest BCUT2D eigenvalue weighted by atomic mass is 16.3. The fourth-order valence-electron chi connectivity index (χ4n) is 1.84. The molecule has 3 unspecified atom stereocenters. The maximum absolute atomic E-state index is 9.14. The summed E-state index contributed by atoms with van der Waals surface area (Å²) in [6.45, 7) is 10.0. The summed E-state index contributed by atoms with van der Waals surface area (Å²) >= 11 is 0. The van der Waals surface area contributed by atoms with Crippen LogP contribution in [-0.2, 0) is 0 Å². The van der Waals surface area contributed by atoms with Gasteiger partial charge in [0.2, 0.25) is 0 Å². The van der Waals surface area contributed by atoms with E-state index in [1.165, 1.54) is 17.9 Å². The molecule has 0 fully saturated rings. The van der Waals surface area contributed by atoms with Crippen molar-refractivity contribution in [2.24, 2.45) is 0 Å². The Morgan fingerprint density at radius 1 is 0.842 bits per heavy atom. The number of nitrogens with zero attached hydrogens (tertiary/aromatic N) is 1. The fraction of sp³-hybridized carbons (Fsp3) is 1.00. The van der Waals surface area contributed by atoms with Gasteiger partial charge in [0.15, 0.2) is 0 Å². The molecule has 0 aromatic heterocycles. The Balaban J connectivity index is 0. The lowest BCUT2D eigenvalue weighted by Gasteiger charge is -2.25. The van der Waals surface area contributed by atoms with E-state index in [4.69, 9.17) is 15.3 Å². The summed E-state index contributed by atoms with van der Waals surface area (Å²) in [6.07, 6.45) is -0.00463. The lowest BCUT2D eigenvalue weighted by molar-refractivity contribution is -0.858. The first-order valence-corrected chi connectivity index (χ1v) is 7.24.